The average Bonchev–Trinajstić information content (AvgIpc) is 2.69. The number of hydrogen-bond acceptors (Lipinski definition) is 3. The third-order valence-corrected chi connectivity index (χ3v) is 4.37. The summed E-state index contributed by atoms with van der Waals surface area (Å²) in [5.41, 5.74) is 2.78. The van der Waals surface area contributed by atoms with Crippen LogP contribution >= 0.6 is 0 Å². The Morgan fingerprint density at radius 1 is 0.793 bits per heavy atom. The van der Waals surface area contributed by atoms with Gasteiger partial charge in [0.25, 0.3) is 11.8 Å². The topological polar surface area (TPSA) is 71.1 Å². The molecule has 1 aromatic heterocycles. The summed E-state index contributed by atoms with van der Waals surface area (Å²) in [5, 5.41) is 5.45. The summed E-state index contributed by atoms with van der Waals surface area (Å²) < 4.78 is 13.0. The molecule has 0 fully saturated rings. The van der Waals surface area contributed by atoms with Gasteiger partial charge >= 0.3 is 0 Å². The van der Waals surface area contributed by atoms with Crippen LogP contribution in [-0.2, 0) is 5.41 Å². The normalized spacial score (nSPS) is 11.0. The number of nitrogens with zero attached hydrogens (tertiary/aromatic N) is 1. The second kappa shape index (κ2) is 8.22. The van der Waals surface area contributed by atoms with Gasteiger partial charge in [-0.05, 0) is 53.4 Å². The van der Waals surface area contributed by atoms with Crippen LogP contribution in [0, 0.1) is 5.82 Å². The Kier molecular flexibility index (Phi) is 5.73. The predicted molar refractivity (Wildman–Crippen MR) is 112 cm³/mol. The zero-order valence-corrected chi connectivity index (χ0v) is 16.5. The highest BCUT2D eigenvalue weighted by atomic mass is 19.1. The molecule has 3 aromatic rings. The molecule has 5 nitrogen and oxygen atoms in total. The SMILES string of the molecule is CC(C)(C)c1ccc(NC(=O)c2cncc(C(=O)Nc3ccc(F)cc3)c2)cc1. The number of hydrogen-bond donors (Lipinski definition) is 2. The molecule has 2 N–H and O–H groups in total. The molecular weight excluding hydrogens is 369 g/mol. The molecular formula is C23H22FN3O2. The lowest BCUT2D eigenvalue weighted by molar-refractivity contribution is 0.102. The highest BCUT2D eigenvalue weighted by Gasteiger charge is 2.15. The summed E-state index contributed by atoms with van der Waals surface area (Å²) in [7, 11) is 0. The summed E-state index contributed by atoms with van der Waals surface area (Å²) in [5.74, 6) is -1.19. The van der Waals surface area contributed by atoms with E-state index >= 15 is 0 Å². The first-order chi connectivity index (χ1) is 13.7. The third-order valence-electron chi connectivity index (χ3n) is 4.37. The number of carbonyl (C=O) groups excluding carboxylic acids is 2. The van der Waals surface area contributed by atoms with Gasteiger partial charge in [0.05, 0.1) is 11.1 Å². The van der Waals surface area contributed by atoms with Crippen molar-refractivity contribution < 1.29 is 14.0 Å². The molecule has 0 saturated heterocycles. The minimum absolute atomic E-state index is 0.0265. The van der Waals surface area contributed by atoms with E-state index in [0.717, 1.165) is 5.56 Å². The molecule has 0 atom stereocenters. The van der Waals surface area contributed by atoms with Gasteiger partial charge in [0.2, 0.25) is 0 Å². The van der Waals surface area contributed by atoms with Crippen LogP contribution in [0.15, 0.2) is 67.0 Å². The molecule has 0 spiro atoms. The number of anilines is 2. The lowest BCUT2D eigenvalue weighted by Crippen LogP contribution is -2.16. The van der Waals surface area contributed by atoms with Crippen molar-refractivity contribution in [1.29, 1.82) is 0 Å². The number of rotatable bonds is 4. The summed E-state index contributed by atoms with van der Waals surface area (Å²) in [6, 6.07) is 14.5. The first-order valence-electron chi connectivity index (χ1n) is 9.16. The molecule has 148 valence electrons. The zero-order valence-electron chi connectivity index (χ0n) is 16.5. The van der Waals surface area contributed by atoms with Gasteiger partial charge in [0.1, 0.15) is 5.82 Å². The van der Waals surface area contributed by atoms with Gasteiger partial charge in [-0.2, -0.15) is 0 Å². The van der Waals surface area contributed by atoms with Gasteiger partial charge in [-0.25, -0.2) is 4.39 Å². The second-order valence-corrected chi connectivity index (χ2v) is 7.70. The maximum absolute atomic E-state index is 13.0. The second-order valence-electron chi connectivity index (χ2n) is 7.70. The van der Waals surface area contributed by atoms with E-state index in [0.29, 0.717) is 11.4 Å². The number of aromatic nitrogens is 1. The predicted octanol–water partition coefficient (Wildman–Crippen LogP) is 5.02. The lowest BCUT2D eigenvalue weighted by atomic mass is 9.87. The third kappa shape index (κ3) is 5.25. The van der Waals surface area contributed by atoms with Crippen LogP contribution in [0.25, 0.3) is 0 Å². The molecule has 1 heterocycles. The number of amides is 2. The molecule has 0 bridgehead atoms. The van der Waals surface area contributed by atoms with Crippen LogP contribution in [0.1, 0.15) is 47.1 Å². The number of nitrogens with one attached hydrogen (secondary N) is 2. The smallest absolute Gasteiger partial charge is 0.257 e. The van der Waals surface area contributed by atoms with Crippen molar-refractivity contribution in [3.8, 4) is 0 Å². The van der Waals surface area contributed by atoms with Crippen molar-refractivity contribution in [3.05, 3.63) is 89.5 Å². The fourth-order valence-corrected chi connectivity index (χ4v) is 2.68. The molecule has 2 aromatic carbocycles. The number of pyridine rings is 1. The van der Waals surface area contributed by atoms with Crippen LogP contribution < -0.4 is 10.6 Å². The maximum Gasteiger partial charge on any atom is 0.257 e. The Labute approximate surface area is 169 Å². The molecule has 29 heavy (non-hydrogen) atoms. The standard InChI is InChI=1S/C23H22FN3O2/c1-23(2,3)17-4-8-19(9-5-17)26-21(28)15-12-16(14-25-13-15)22(29)27-20-10-6-18(24)7-11-20/h4-14H,1-3H3,(H,26,28)(H,27,29). The number of halogens is 1. The highest BCUT2D eigenvalue weighted by molar-refractivity contribution is 6.08. The van der Waals surface area contributed by atoms with Crippen molar-refractivity contribution in [3.63, 3.8) is 0 Å². The van der Waals surface area contributed by atoms with E-state index in [1.165, 1.54) is 42.7 Å². The zero-order chi connectivity index (χ0) is 21.0. The lowest BCUT2D eigenvalue weighted by Gasteiger charge is -2.19. The molecule has 6 heteroatoms. The molecule has 3 rings (SSSR count). The summed E-state index contributed by atoms with van der Waals surface area (Å²) >= 11 is 0. The van der Waals surface area contributed by atoms with Crippen molar-refractivity contribution in [2.75, 3.05) is 10.6 Å². The van der Waals surface area contributed by atoms with Gasteiger partial charge in [0, 0.05) is 23.8 Å². The maximum atomic E-state index is 13.0. The molecule has 0 aliphatic heterocycles. The Morgan fingerprint density at radius 3 is 1.69 bits per heavy atom. The summed E-state index contributed by atoms with van der Waals surface area (Å²) in [6.45, 7) is 6.36. The quantitative estimate of drug-likeness (QED) is 0.656. The van der Waals surface area contributed by atoms with E-state index in [1.807, 2.05) is 24.3 Å². The molecule has 0 saturated carbocycles. The number of carbonyl (C=O) groups is 2. The number of benzene rings is 2. The van der Waals surface area contributed by atoms with E-state index in [-0.39, 0.29) is 28.3 Å². The fraction of sp³-hybridized carbons (Fsp3) is 0.174. The summed E-state index contributed by atoms with van der Waals surface area (Å²) in [6.07, 6.45) is 2.77. The van der Waals surface area contributed by atoms with E-state index < -0.39 is 5.91 Å². The van der Waals surface area contributed by atoms with Crippen molar-refractivity contribution in [2.45, 2.75) is 26.2 Å². The van der Waals surface area contributed by atoms with Gasteiger partial charge in [-0.3, -0.25) is 14.6 Å². The fourth-order valence-electron chi connectivity index (χ4n) is 2.68. The van der Waals surface area contributed by atoms with E-state index in [2.05, 4.69) is 36.4 Å². The Balaban J connectivity index is 1.70. The summed E-state index contributed by atoms with van der Waals surface area (Å²) in [4.78, 5) is 28.9. The molecule has 0 aliphatic rings. The Bertz CT molecular complexity index is 1020. The van der Waals surface area contributed by atoms with Gasteiger partial charge in [-0.15, -0.1) is 0 Å². The van der Waals surface area contributed by atoms with Gasteiger partial charge < -0.3 is 10.6 Å². The first-order valence-corrected chi connectivity index (χ1v) is 9.16. The van der Waals surface area contributed by atoms with Crippen molar-refractivity contribution >= 4 is 23.2 Å². The van der Waals surface area contributed by atoms with Crippen LogP contribution in [0.3, 0.4) is 0 Å². The van der Waals surface area contributed by atoms with Gasteiger partial charge in [0.15, 0.2) is 0 Å². The monoisotopic (exact) mass is 391 g/mol. The minimum atomic E-state index is -0.437. The Hall–Kier alpha value is -3.54. The van der Waals surface area contributed by atoms with Gasteiger partial charge in [-0.1, -0.05) is 32.9 Å². The molecule has 2 amide bonds. The Morgan fingerprint density at radius 2 is 1.24 bits per heavy atom. The molecule has 0 aliphatic carbocycles. The van der Waals surface area contributed by atoms with E-state index in [4.69, 9.17) is 0 Å². The van der Waals surface area contributed by atoms with Crippen LogP contribution in [0.4, 0.5) is 15.8 Å². The average molecular weight is 391 g/mol. The largest absolute Gasteiger partial charge is 0.322 e. The highest BCUT2D eigenvalue weighted by Crippen LogP contribution is 2.23. The minimum Gasteiger partial charge on any atom is -0.322 e. The first kappa shape index (κ1) is 20.2. The van der Waals surface area contributed by atoms with E-state index in [9.17, 15) is 14.0 Å². The van der Waals surface area contributed by atoms with Crippen LogP contribution in [-0.4, -0.2) is 16.8 Å². The van der Waals surface area contributed by atoms with Crippen molar-refractivity contribution in [2.24, 2.45) is 0 Å². The molecule has 0 radical (unpaired) electrons. The van der Waals surface area contributed by atoms with Crippen molar-refractivity contribution in [1.82, 2.24) is 4.98 Å². The van der Waals surface area contributed by atoms with Crippen LogP contribution in [0.2, 0.25) is 0 Å². The molecule has 0 unspecified atom stereocenters. The van der Waals surface area contributed by atoms with Crippen LogP contribution in [0.5, 0.6) is 0 Å². The van der Waals surface area contributed by atoms with E-state index in [1.54, 1.807) is 0 Å².